The standard InChI is InChI=1S/C34H42F5NO4/c1-28(2)19-43-31(44-20-28)14-11-26-27-23(10-13-30(26,41)18-31)25-12-15-32(42,33(35,36)34(37,38)39)29(25,3)17-24(27)22-8-6-21(7-9-22)5-4-16-40/h6-9,23-25,41-42H,10-20,40H2,1-3H3/t23?,24-,25?,29?,30?,32?/m1/s1. The molecule has 3 saturated carbocycles. The molecule has 1 heterocycles. The maximum Gasteiger partial charge on any atom is 0.456 e. The number of nitrogens with two attached hydrogens (primary N) is 1. The van der Waals surface area contributed by atoms with E-state index in [1.165, 1.54) is 6.92 Å². The number of ether oxygens (including phenoxy) is 2. The minimum absolute atomic E-state index is 0.0458. The summed E-state index contributed by atoms with van der Waals surface area (Å²) in [6.45, 7) is 6.69. The van der Waals surface area contributed by atoms with E-state index in [2.05, 4.69) is 25.7 Å². The van der Waals surface area contributed by atoms with Gasteiger partial charge in [-0.25, -0.2) is 0 Å². The molecule has 5 unspecified atom stereocenters. The SMILES string of the molecule is CC1(C)COC2(CCC3=C4C(CCC3(O)C2)C2CCC(O)(C(F)(F)C(F)(F)F)C2(C)C[C@@H]4c2ccc(C#CCN)cc2)OC1. The first-order valence-electron chi connectivity index (χ1n) is 15.6. The van der Waals surface area contributed by atoms with Crippen molar-refractivity contribution in [3.63, 3.8) is 0 Å². The van der Waals surface area contributed by atoms with Gasteiger partial charge in [0.05, 0.1) is 25.4 Å². The third kappa shape index (κ3) is 4.67. The van der Waals surface area contributed by atoms with E-state index in [1.54, 1.807) is 12.1 Å². The van der Waals surface area contributed by atoms with Crippen molar-refractivity contribution in [1.82, 2.24) is 0 Å². The quantitative estimate of drug-likeness (QED) is 0.207. The highest BCUT2D eigenvalue weighted by molar-refractivity contribution is 5.46. The van der Waals surface area contributed by atoms with Gasteiger partial charge in [0.25, 0.3) is 0 Å². The molecule has 1 spiro atoms. The van der Waals surface area contributed by atoms with E-state index in [9.17, 15) is 23.4 Å². The van der Waals surface area contributed by atoms with E-state index in [0.717, 1.165) is 16.7 Å². The van der Waals surface area contributed by atoms with Crippen LogP contribution in [0.5, 0.6) is 0 Å². The van der Waals surface area contributed by atoms with Crippen molar-refractivity contribution in [2.75, 3.05) is 19.8 Å². The van der Waals surface area contributed by atoms with Crippen LogP contribution in [0.4, 0.5) is 22.0 Å². The fourth-order valence-electron chi connectivity index (χ4n) is 9.26. The van der Waals surface area contributed by atoms with Gasteiger partial charge in [-0.3, -0.25) is 0 Å². The van der Waals surface area contributed by atoms with Crippen LogP contribution in [0.25, 0.3) is 0 Å². The molecule has 0 radical (unpaired) electrons. The van der Waals surface area contributed by atoms with Gasteiger partial charge >= 0.3 is 12.1 Å². The summed E-state index contributed by atoms with van der Waals surface area (Å²) in [4.78, 5) is 0. The van der Waals surface area contributed by atoms with Crippen LogP contribution in [0, 0.1) is 34.5 Å². The number of benzene rings is 1. The van der Waals surface area contributed by atoms with Crippen LogP contribution in [0.3, 0.4) is 0 Å². The van der Waals surface area contributed by atoms with Crippen molar-refractivity contribution >= 4 is 0 Å². The Kier molecular flexibility index (Phi) is 7.43. The van der Waals surface area contributed by atoms with Gasteiger partial charge in [0, 0.05) is 35.2 Å². The van der Waals surface area contributed by atoms with Gasteiger partial charge in [-0.2, -0.15) is 22.0 Å². The van der Waals surface area contributed by atoms with Crippen molar-refractivity contribution in [1.29, 1.82) is 0 Å². The lowest BCUT2D eigenvalue weighted by Gasteiger charge is -2.59. The number of halogens is 5. The first kappa shape index (κ1) is 31.9. The number of fused-ring (bicyclic) bond motifs is 4. The summed E-state index contributed by atoms with van der Waals surface area (Å²) in [5.74, 6) is -1.99. The van der Waals surface area contributed by atoms with E-state index < -0.39 is 52.8 Å². The third-order valence-corrected chi connectivity index (χ3v) is 11.5. The Bertz CT molecular complexity index is 1380. The second-order valence-corrected chi connectivity index (χ2v) is 14.8. The Labute approximate surface area is 255 Å². The van der Waals surface area contributed by atoms with Gasteiger partial charge in [0.1, 0.15) is 5.60 Å². The van der Waals surface area contributed by atoms with E-state index in [4.69, 9.17) is 15.2 Å². The number of hydrogen-bond donors (Lipinski definition) is 3. The highest BCUT2D eigenvalue weighted by Crippen LogP contribution is 2.71. The molecular formula is C34H42F5NO4. The lowest BCUT2D eigenvalue weighted by Crippen LogP contribution is -2.65. The van der Waals surface area contributed by atoms with Crippen LogP contribution in [0.1, 0.15) is 89.2 Å². The van der Waals surface area contributed by atoms with Gasteiger partial charge < -0.3 is 25.4 Å². The van der Waals surface area contributed by atoms with Crippen LogP contribution in [0.15, 0.2) is 35.4 Å². The number of hydrogen-bond acceptors (Lipinski definition) is 5. The second-order valence-electron chi connectivity index (χ2n) is 14.8. The Morgan fingerprint density at radius 1 is 0.955 bits per heavy atom. The van der Waals surface area contributed by atoms with E-state index in [-0.39, 0.29) is 37.1 Å². The first-order chi connectivity index (χ1) is 20.4. The molecule has 5 aliphatic rings. The van der Waals surface area contributed by atoms with Gasteiger partial charge in [0.15, 0.2) is 5.79 Å². The summed E-state index contributed by atoms with van der Waals surface area (Å²) in [5.41, 5.74) is 2.29. The van der Waals surface area contributed by atoms with Gasteiger partial charge in [-0.1, -0.05) is 50.3 Å². The minimum Gasteiger partial charge on any atom is -0.385 e. The number of aliphatic hydroxyl groups is 2. The topological polar surface area (TPSA) is 84.9 Å². The highest BCUT2D eigenvalue weighted by atomic mass is 19.4. The van der Waals surface area contributed by atoms with Crippen molar-refractivity contribution in [3.8, 4) is 11.8 Å². The second kappa shape index (κ2) is 10.2. The van der Waals surface area contributed by atoms with Crippen LogP contribution >= 0.6 is 0 Å². The molecule has 6 atom stereocenters. The van der Waals surface area contributed by atoms with Crippen molar-refractivity contribution in [2.45, 2.75) is 107 Å². The molecule has 44 heavy (non-hydrogen) atoms. The molecule has 5 nitrogen and oxygen atoms in total. The zero-order chi connectivity index (χ0) is 32.0. The molecule has 1 aromatic carbocycles. The lowest BCUT2D eigenvalue weighted by molar-refractivity contribution is -0.362. The molecule has 1 aliphatic heterocycles. The van der Waals surface area contributed by atoms with Crippen LogP contribution in [0.2, 0.25) is 0 Å². The predicted molar refractivity (Wildman–Crippen MR) is 153 cm³/mol. The molecule has 242 valence electrons. The predicted octanol–water partition coefficient (Wildman–Crippen LogP) is 6.22. The van der Waals surface area contributed by atoms with Crippen LogP contribution in [-0.2, 0) is 9.47 Å². The molecular weight excluding hydrogens is 581 g/mol. The Balaban J connectivity index is 1.45. The molecule has 1 aromatic rings. The van der Waals surface area contributed by atoms with Crippen LogP contribution in [-0.4, -0.2) is 59.1 Å². The zero-order valence-electron chi connectivity index (χ0n) is 25.5. The Morgan fingerprint density at radius 2 is 1.61 bits per heavy atom. The monoisotopic (exact) mass is 623 g/mol. The summed E-state index contributed by atoms with van der Waals surface area (Å²) >= 11 is 0. The molecule has 1 saturated heterocycles. The average Bonchev–Trinajstić information content (AvgIpc) is 3.24. The fourth-order valence-corrected chi connectivity index (χ4v) is 9.26. The molecule has 4 aliphatic carbocycles. The fraction of sp³-hybridized carbons (Fsp3) is 0.706. The Morgan fingerprint density at radius 3 is 2.23 bits per heavy atom. The van der Waals surface area contributed by atoms with E-state index >= 15 is 8.78 Å². The average molecular weight is 624 g/mol. The molecule has 4 fully saturated rings. The molecule has 4 N–H and O–H groups in total. The molecule has 0 bridgehead atoms. The number of rotatable bonds is 2. The van der Waals surface area contributed by atoms with Gasteiger partial charge in [0.2, 0.25) is 0 Å². The number of alkyl halides is 5. The van der Waals surface area contributed by atoms with E-state index in [1.807, 2.05) is 12.1 Å². The zero-order valence-corrected chi connectivity index (χ0v) is 25.5. The summed E-state index contributed by atoms with van der Waals surface area (Å²) in [6.07, 6.45) is -4.67. The summed E-state index contributed by atoms with van der Waals surface area (Å²) in [6, 6.07) is 7.22. The molecule has 0 aromatic heterocycles. The normalized spacial score (nSPS) is 37.9. The van der Waals surface area contributed by atoms with E-state index in [0.29, 0.717) is 44.5 Å². The molecule has 6 rings (SSSR count). The lowest BCUT2D eigenvalue weighted by atomic mass is 9.49. The highest BCUT2D eigenvalue weighted by Gasteiger charge is 2.79. The van der Waals surface area contributed by atoms with Crippen molar-refractivity contribution < 1.29 is 41.6 Å². The van der Waals surface area contributed by atoms with Crippen molar-refractivity contribution in [2.24, 2.45) is 28.4 Å². The number of allylic oxidation sites excluding steroid dienone is 1. The first-order valence-corrected chi connectivity index (χ1v) is 15.6. The maximum absolute atomic E-state index is 15.3. The van der Waals surface area contributed by atoms with Gasteiger partial charge in [-0.15, -0.1) is 0 Å². The van der Waals surface area contributed by atoms with Crippen molar-refractivity contribution in [3.05, 3.63) is 46.5 Å². The molecule has 0 amide bonds. The largest absolute Gasteiger partial charge is 0.456 e. The smallest absolute Gasteiger partial charge is 0.385 e. The molecule has 10 heteroatoms. The third-order valence-electron chi connectivity index (χ3n) is 11.5. The Hall–Kier alpha value is -2.03. The van der Waals surface area contributed by atoms with Gasteiger partial charge in [-0.05, 0) is 73.6 Å². The van der Waals surface area contributed by atoms with Crippen LogP contribution < -0.4 is 5.73 Å². The summed E-state index contributed by atoms with van der Waals surface area (Å²) in [5, 5.41) is 23.8. The summed E-state index contributed by atoms with van der Waals surface area (Å²) in [7, 11) is 0. The minimum atomic E-state index is -5.89. The maximum atomic E-state index is 15.3. The summed E-state index contributed by atoms with van der Waals surface area (Å²) < 4.78 is 84.6.